The summed E-state index contributed by atoms with van der Waals surface area (Å²) in [6.07, 6.45) is -3.32. The van der Waals surface area contributed by atoms with E-state index >= 15 is 0 Å². The van der Waals surface area contributed by atoms with Gasteiger partial charge in [-0.25, -0.2) is 4.68 Å². The van der Waals surface area contributed by atoms with E-state index in [-0.39, 0.29) is 23.0 Å². The Kier molecular flexibility index (Phi) is 5.77. The highest BCUT2D eigenvalue weighted by atomic mass is 19.4. The Balaban J connectivity index is 1.98. The Hall–Kier alpha value is -4.29. The van der Waals surface area contributed by atoms with Crippen molar-refractivity contribution in [1.29, 1.82) is 0 Å². The number of aromatic nitrogens is 3. The summed E-state index contributed by atoms with van der Waals surface area (Å²) in [5.74, 6) is -0.948. The van der Waals surface area contributed by atoms with Gasteiger partial charge in [0.2, 0.25) is 5.95 Å². The van der Waals surface area contributed by atoms with Crippen molar-refractivity contribution in [2.45, 2.75) is 12.2 Å². The molecule has 1 atom stereocenters. The van der Waals surface area contributed by atoms with E-state index in [9.17, 15) is 23.3 Å². The first kappa shape index (κ1) is 22.9. The molecule has 1 N–H and O–H groups in total. The zero-order valence-electron chi connectivity index (χ0n) is 18.1. The summed E-state index contributed by atoms with van der Waals surface area (Å²) < 4.78 is 57.0. The number of methoxy groups -OCH3 is 3. The van der Waals surface area contributed by atoms with E-state index in [1.165, 1.54) is 33.5 Å². The second kappa shape index (κ2) is 8.57. The number of ether oxygens (including phenoxy) is 3. The van der Waals surface area contributed by atoms with Crippen LogP contribution in [-0.2, 0) is 6.18 Å². The molecule has 3 aromatic rings. The van der Waals surface area contributed by atoms with Crippen LogP contribution >= 0.6 is 0 Å². The normalized spacial score (nSPS) is 15.1. The molecule has 0 aliphatic carbocycles. The molecular weight excluding hydrogens is 459 g/mol. The fourth-order valence-electron chi connectivity index (χ4n) is 3.64. The molecule has 1 aliphatic rings. The third-order valence-corrected chi connectivity index (χ3v) is 5.16. The molecule has 4 rings (SSSR count). The van der Waals surface area contributed by atoms with Gasteiger partial charge < -0.3 is 19.5 Å². The lowest BCUT2D eigenvalue weighted by Gasteiger charge is -2.25. The van der Waals surface area contributed by atoms with Crippen molar-refractivity contribution in [1.82, 2.24) is 14.8 Å². The fraction of sp³-hybridized carbons (Fsp3) is 0.238. The van der Waals surface area contributed by atoms with Gasteiger partial charge in [0, 0.05) is 5.56 Å². The van der Waals surface area contributed by atoms with Gasteiger partial charge in [-0.1, -0.05) is 12.1 Å². The SMILES string of the molecule is COc1cc([C@H]2C=C(c3ccccc3OC)Nc3nc(C(F)(F)F)nn32)c([N+](=O)[O-])cc1OC. The van der Waals surface area contributed by atoms with Gasteiger partial charge in [-0.15, -0.1) is 5.10 Å². The average molecular weight is 477 g/mol. The molecule has 0 radical (unpaired) electrons. The van der Waals surface area contributed by atoms with Crippen LogP contribution in [0.25, 0.3) is 5.70 Å². The van der Waals surface area contributed by atoms with E-state index in [0.717, 1.165) is 10.7 Å². The number of alkyl halides is 3. The minimum atomic E-state index is -4.83. The molecule has 0 bridgehead atoms. The molecule has 2 aromatic carbocycles. The topological polar surface area (TPSA) is 114 Å². The maximum Gasteiger partial charge on any atom is 0.453 e. The number of nitro benzene ring substituents is 1. The minimum absolute atomic E-state index is 0.0245. The minimum Gasteiger partial charge on any atom is -0.496 e. The molecule has 0 spiro atoms. The predicted molar refractivity (Wildman–Crippen MR) is 114 cm³/mol. The zero-order valence-corrected chi connectivity index (χ0v) is 18.1. The number of allylic oxidation sites excluding steroid dienone is 1. The van der Waals surface area contributed by atoms with Gasteiger partial charge in [-0.05, 0) is 24.3 Å². The lowest BCUT2D eigenvalue weighted by atomic mass is 9.99. The molecular formula is C21H18F3N5O5. The molecule has 34 heavy (non-hydrogen) atoms. The van der Waals surface area contributed by atoms with Gasteiger partial charge in [0.25, 0.3) is 11.5 Å². The third kappa shape index (κ3) is 3.95. The largest absolute Gasteiger partial charge is 0.496 e. The van der Waals surface area contributed by atoms with E-state index in [2.05, 4.69) is 15.4 Å². The Morgan fingerprint density at radius 3 is 2.32 bits per heavy atom. The molecule has 0 amide bonds. The van der Waals surface area contributed by atoms with Crippen LogP contribution in [0.1, 0.15) is 23.0 Å². The van der Waals surface area contributed by atoms with Crippen LogP contribution in [0.2, 0.25) is 0 Å². The average Bonchev–Trinajstić information content (AvgIpc) is 3.27. The number of fused-ring (bicyclic) bond motifs is 1. The highest BCUT2D eigenvalue weighted by Crippen LogP contribution is 2.43. The Morgan fingerprint density at radius 2 is 1.71 bits per heavy atom. The van der Waals surface area contributed by atoms with Crippen LogP contribution in [-0.4, -0.2) is 41.0 Å². The van der Waals surface area contributed by atoms with Crippen molar-refractivity contribution in [2.24, 2.45) is 0 Å². The summed E-state index contributed by atoms with van der Waals surface area (Å²) in [6.45, 7) is 0. The molecule has 13 heteroatoms. The number of anilines is 1. The lowest BCUT2D eigenvalue weighted by Crippen LogP contribution is -2.21. The molecule has 10 nitrogen and oxygen atoms in total. The summed E-state index contributed by atoms with van der Waals surface area (Å²) in [5, 5.41) is 18.3. The summed E-state index contributed by atoms with van der Waals surface area (Å²) >= 11 is 0. The van der Waals surface area contributed by atoms with Crippen molar-refractivity contribution in [2.75, 3.05) is 26.6 Å². The summed E-state index contributed by atoms with van der Waals surface area (Å²) in [6, 6.07) is 8.15. The first-order valence-corrected chi connectivity index (χ1v) is 9.74. The second-order valence-electron chi connectivity index (χ2n) is 7.07. The van der Waals surface area contributed by atoms with Gasteiger partial charge in [0.15, 0.2) is 11.5 Å². The summed E-state index contributed by atoms with van der Waals surface area (Å²) in [7, 11) is 4.11. The van der Waals surface area contributed by atoms with Crippen LogP contribution in [0.5, 0.6) is 17.2 Å². The first-order chi connectivity index (χ1) is 16.2. The summed E-state index contributed by atoms with van der Waals surface area (Å²) in [4.78, 5) is 14.8. The number of nitrogens with one attached hydrogen (secondary N) is 1. The van der Waals surface area contributed by atoms with Crippen molar-refractivity contribution in [3.63, 3.8) is 0 Å². The zero-order chi connectivity index (χ0) is 24.6. The van der Waals surface area contributed by atoms with Crippen molar-refractivity contribution < 1.29 is 32.3 Å². The Labute approximate surface area is 190 Å². The first-order valence-electron chi connectivity index (χ1n) is 9.74. The van der Waals surface area contributed by atoms with Gasteiger partial charge >= 0.3 is 6.18 Å². The molecule has 1 aromatic heterocycles. The number of rotatable bonds is 6. The van der Waals surface area contributed by atoms with E-state index in [4.69, 9.17) is 14.2 Å². The van der Waals surface area contributed by atoms with E-state index in [0.29, 0.717) is 17.0 Å². The molecule has 0 saturated heterocycles. The maximum atomic E-state index is 13.4. The lowest BCUT2D eigenvalue weighted by molar-refractivity contribution is -0.385. The quantitative estimate of drug-likeness (QED) is 0.413. The molecule has 0 saturated carbocycles. The van der Waals surface area contributed by atoms with Crippen molar-refractivity contribution in [3.05, 3.63) is 69.5 Å². The van der Waals surface area contributed by atoms with Crippen LogP contribution in [0.4, 0.5) is 24.8 Å². The molecule has 1 aliphatic heterocycles. The van der Waals surface area contributed by atoms with Gasteiger partial charge in [-0.2, -0.15) is 18.2 Å². The number of benzene rings is 2. The van der Waals surface area contributed by atoms with Crippen LogP contribution in [0.15, 0.2) is 42.5 Å². The molecule has 0 fully saturated rings. The second-order valence-corrected chi connectivity index (χ2v) is 7.07. The number of nitrogens with zero attached hydrogens (tertiary/aromatic N) is 4. The Bertz CT molecular complexity index is 1290. The van der Waals surface area contributed by atoms with Crippen LogP contribution in [0.3, 0.4) is 0 Å². The number of hydrogen-bond acceptors (Lipinski definition) is 8. The number of nitro groups is 1. The molecule has 178 valence electrons. The van der Waals surface area contributed by atoms with E-state index < -0.39 is 28.7 Å². The number of hydrogen-bond donors (Lipinski definition) is 1. The standard InChI is InChI=1S/C21H18F3N5O5/c1-32-16-7-5-4-6-11(16)13-9-14(28-20(25-13)26-19(27-28)21(22,23)24)12-8-17(33-2)18(34-3)10-15(12)29(30)31/h4-10,14H,1-3H3,(H,25,26,27)/t14-/m1/s1. The van der Waals surface area contributed by atoms with Crippen LogP contribution in [0, 0.1) is 10.1 Å². The summed E-state index contributed by atoms with van der Waals surface area (Å²) in [5.41, 5.74) is 0.479. The predicted octanol–water partition coefficient (Wildman–Crippen LogP) is 4.29. The van der Waals surface area contributed by atoms with Gasteiger partial charge in [0.05, 0.1) is 43.6 Å². The molecule has 0 unspecified atom stereocenters. The third-order valence-electron chi connectivity index (χ3n) is 5.16. The van der Waals surface area contributed by atoms with Crippen molar-refractivity contribution in [3.8, 4) is 17.2 Å². The highest BCUT2D eigenvalue weighted by molar-refractivity contribution is 5.80. The smallest absolute Gasteiger partial charge is 0.453 e. The van der Waals surface area contributed by atoms with E-state index in [1.54, 1.807) is 24.3 Å². The van der Waals surface area contributed by atoms with E-state index in [1.807, 2.05) is 0 Å². The number of halogens is 3. The number of para-hydroxylation sites is 1. The van der Waals surface area contributed by atoms with Crippen LogP contribution < -0.4 is 19.5 Å². The molecule has 2 heterocycles. The van der Waals surface area contributed by atoms with Crippen molar-refractivity contribution >= 4 is 17.3 Å². The fourth-order valence-corrected chi connectivity index (χ4v) is 3.64. The van der Waals surface area contributed by atoms with Gasteiger partial charge in [0.1, 0.15) is 11.8 Å². The maximum absolute atomic E-state index is 13.4. The van der Waals surface area contributed by atoms with Gasteiger partial charge in [-0.3, -0.25) is 10.1 Å². The Morgan fingerprint density at radius 1 is 1.06 bits per heavy atom. The highest BCUT2D eigenvalue weighted by Gasteiger charge is 2.40. The monoisotopic (exact) mass is 477 g/mol.